The monoisotopic (exact) mass is 303 g/mol. The standard InChI is InChI=1S/C18H25NOS/c1-5-14(3)20-18-11-9-16(10-12-18)15(4)19-17(6-2)8-7-13-21/h5,9-12,17,19,21H,1,3-4,6-8,13H2,2H3. The van der Waals surface area contributed by atoms with Gasteiger partial charge in [0.25, 0.3) is 0 Å². The van der Waals surface area contributed by atoms with Gasteiger partial charge in [0.15, 0.2) is 0 Å². The van der Waals surface area contributed by atoms with E-state index in [0.717, 1.165) is 42.0 Å². The zero-order valence-corrected chi connectivity index (χ0v) is 13.7. The summed E-state index contributed by atoms with van der Waals surface area (Å²) in [6.45, 7) is 13.6. The van der Waals surface area contributed by atoms with Crippen LogP contribution in [0.5, 0.6) is 5.75 Å². The number of benzene rings is 1. The molecule has 0 radical (unpaired) electrons. The van der Waals surface area contributed by atoms with Gasteiger partial charge < -0.3 is 10.1 Å². The van der Waals surface area contributed by atoms with Crippen molar-refractivity contribution in [1.82, 2.24) is 5.32 Å². The van der Waals surface area contributed by atoms with Crippen LogP contribution in [-0.2, 0) is 0 Å². The van der Waals surface area contributed by atoms with E-state index in [2.05, 4.69) is 44.6 Å². The first kappa shape index (κ1) is 17.4. The molecule has 0 aromatic heterocycles. The van der Waals surface area contributed by atoms with Crippen LogP contribution in [0.1, 0.15) is 31.7 Å². The predicted molar refractivity (Wildman–Crippen MR) is 95.7 cm³/mol. The van der Waals surface area contributed by atoms with E-state index >= 15 is 0 Å². The van der Waals surface area contributed by atoms with Crippen LogP contribution < -0.4 is 10.1 Å². The highest BCUT2D eigenvalue weighted by Gasteiger charge is 2.07. The van der Waals surface area contributed by atoms with Crippen LogP contribution in [0.2, 0.25) is 0 Å². The topological polar surface area (TPSA) is 21.3 Å². The van der Waals surface area contributed by atoms with Gasteiger partial charge in [0.1, 0.15) is 11.5 Å². The summed E-state index contributed by atoms with van der Waals surface area (Å²) < 4.78 is 5.48. The third-order valence-electron chi connectivity index (χ3n) is 3.26. The maximum Gasteiger partial charge on any atom is 0.127 e. The van der Waals surface area contributed by atoms with Crippen LogP contribution in [0.4, 0.5) is 0 Å². The lowest BCUT2D eigenvalue weighted by Crippen LogP contribution is -2.26. The second-order valence-electron chi connectivity index (χ2n) is 4.89. The van der Waals surface area contributed by atoms with E-state index in [1.165, 1.54) is 0 Å². The predicted octanol–water partition coefficient (Wildman–Crippen LogP) is 4.81. The Morgan fingerprint density at radius 1 is 1.33 bits per heavy atom. The number of rotatable bonds is 10. The van der Waals surface area contributed by atoms with Gasteiger partial charge in [0, 0.05) is 11.7 Å². The van der Waals surface area contributed by atoms with Crippen molar-refractivity contribution in [1.29, 1.82) is 0 Å². The molecule has 3 heteroatoms. The fourth-order valence-corrected chi connectivity index (χ4v) is 2.15. The van der Waals surface area contributed by atoms with Crippen LogP contribution in [-0.4, -0.2) is 11.8 Å². The van der Waals surface area contributed by atoms with Crippen molar-refractivity contribution in [3.05, 3.63) is 61.4 Å². The van der Waals surface area contributed by atoms with Gasteiger partial charge in [-0.25, -0.2) is 0 Å². The third-order valence-corrected chi connectivity index (χ3v) is 3.58. The zero-order chi connectivity index (χ0) is 15.7. The summed E-state index contributed by atoms with van der Waals surface area (Å²) in [7, 11) is 0. The van der Waals surface area contributed by atoms with E-state index in [0.29, 0.717) is 11.8 Å². The quantitative estimate of drug-likeness (QED) is 0.367. The fourth-order valence-electron chi connectivity index (χ4n) is 1.96. The van der Waals surface area contributed by atoms with Gasteiger partial charge in [-0.05, 0) is 60.9 Å². The Morgan fingerprint density at radius 2 is 2.00 bits per heavy atom. The van der Waals surface area contributed by atoms with Crippen LogP contribution in [0.3, 0.4) is 0 Å². The highest BCUT2D eigenvalue weighted by Crippen LogP contribution is 2.19. The molecule has 0 aliphatic heterocycles. The molecule has 0 spiro atoms. The molecule has 1 rings (SSSR count). The van der Waals surface area contributed by atoms with E-state index in [4.69, 9.17) is 4.74 Å². The molecule has 0 amide bonds. The molecular weight excluding hydrogens is 278 g/mol. The average Bonchev–Trinajstić information content (AvgIpc) is 2.51. The lowest BCUT2D eigenvalue weighted by atomic mass is 10.1. The molecule has 0 fully saturated rings. The molecule has 0 saturated carbocycles. The molecule has 114 valence electrons. The molecule has 21 heavy (non-hydrogen) atoms. The van der Waals surface area contributed by atoms with Gasteiger partial charge in [0.05, 0.1) is 0 Å². The molecule has 1 unspecified atom stereocenters. The maximum atomic E-state index is 5.48. The molecule has 1 aromatic carbocycles. The van der Waals surface area contributed by atoms with Gasteiger partial charge in [-0.1, -0.05) is 26.7 Å². The summed E-state index contributed by atoms with van der Waals surface area (Å²) in [5.74, 6) is 2.21. The third kappa shape index (κ3) is 6.13. The molecular formula is C18H25NOS. The molecule has 0 aliphatic rings. The van der Waals surface area contributed by atoms with Crippen molar-refractivity contribution < 1.29 is 4.74 Å². The Balaban J connectivity index is 2.61. The first-order chi connectivity index (χ1) is 10.1. The number of nitrogens with one attached hydrogen (secondary N) is 1. The molecule has 0 aliphatic carbocycles. The molecule has 1 N–H and O–H groups in total. The minimum absolute atomic E-state index is 0.445. The van der Waals surface area contributed by atoms with Gasteiger partial charge in [-0.15, -0.1) is 0 Å². The summed E-state index contributed by atoms with van der Waals surface area (Å²) in [5.41, 5.74) is 2.01. The fraction of sp³-hybridized carbons (Fsp3) is 0.333. The summed E-state index contributed by atoms with van der Waals surface area (Å²) in [5, 5.41) is 3.49. The number of thiol groups is 1. The number of ether oxygens (including phenoxy) is 1. The first-order valence-corrected chi connectivity index (χ1v) is 7.89. The van der Waals surface area contributed by atoms with Crippen molar-refractivity contribution >= 4 is 18.3 Å². The number of allylic oxidation sites excluding steroid dienone is 1. The van der Waals surface area contributed by atoms with E-state index in [9.17, 15) is 0 Å². The van der Waals surface area contributed by atoms with Crippen molar-refractivity contribution in [2.75, 3.05) is 5.75 Å². The lowest BCUT2D eigenvalue weighted by Gasteiger charge is -2.20. The van der Waals surface area contributed by atoms with Crippen molar-refractivity contribution in [3.8, 4) is 5.75 Å². The maximum absolute atomic E-state index is 5.48. The molecule has 1 atom stereocenters. The van der Waals surface area contributed by atoms with Crippen LogP contribution in [0, 0.1) is 0 Å². The number of hydrogen-bond acceptors (Lipinski definition) is 3. The van der Waals surface area contributed by atoms with E-state index in [1.807, 2.05) is 24.3 Å². The Bertz CT molecular complexity index is 478. The number of hydrogen-bond donors (Lipinski definition) is 2. The van der Waals surface area contributed by atoms with Crippen molar-refractivity contribution in [2.24, 2.45) is 0 Å². The largest absolute Gasteiger partial charge is 0.458 e. The Kier molecular flexibility index (Phi) is 7.76. The van der Waals surface area contributed by atoms with E-state index in [1.54, 1.807) is 6.08 Å². The van der Waals surface area contributed by atoms with Crippen LogP contribution in [0.15, 0.2) is 55.8 Å². The summed E-state index contributed by atoms with van der Waals surface area (Å²) in [6, 6.07) is 8.25. The van der Waals surface area contributed by atoms with Crippen LogP contribution in [0.25, 0.3) is 5.70 Å². The highest BCUT2D eigenvalue weighted by atomic mass is 32.1. The second kappa shape index (κ2) is 9.35. The SMILES string of the molecule is C=CC(=C)Oc1ccc(C(=C)NC(CC)CCCS)cc1. The zero-order valence-electron chi connectivity index (χ0n) is 12.8. The smallest absolute Gasteiger partial charge is 0.127 e. The summed E-state index contributed by atoms with van der Waals surface area (Å²) in [6.07, 6.45) is 4.88. The highest BCUT2D eigenvalue weighted by molar-refractivity contribution is 7.80. The van der Waals surface area contributed by atoms with Gasteiger partial charge in [0.2, 0.25) is 0 Å². The second-order valence-corrected chi connectivity index (χ2v) is 5.34. The summed E-state index contributed by atoms with van der Waals surface area (Å²) >= 11 is 4.26. The average molecular weight is 303 g/mol. The van der Waals surface area contributed by atoms with Crippen molar-refractivity contribution in [3.63, 3.8) is 0 Å². The lowest BCUT2D eigenvalue weighted by molar-refractivity contribution is 0.447. The Morgan fingerprint density at radius 3 is 2.52 bits per heavy atom. The van der Waals surface area contributed by atoms with E-state index in [-0.39, 0.29) is 0 Å². The van der Waals surface area contributed by atoms with Crippen molar-refractivity contribution in [2.45, 2.75) is 32.2 Å². The minimum Gasteiger partial charge on any atom is -0.458 e. The first-order valence-electron chi connectivity index (χ1n) is 7.26. The summed E-state index contributed by atoms with van der Waals surface area (Å²) in [4.78, 5) is 0. The molecule has 1 aromatic rings. The molecule has 0 bridgehead atoms. The Labute approximate surface area is 134 Å². The minimum atomic E-state index is 0.445. The molecule has 0 heterocycles. The Hall–Kier alpha value is -1.61. The van der Waals surface area contributed by atoms with E-state index < -0.39 is 0 Å². The normalized spacial score (nSPS) is 11.5. The van der Waals surface area contributed by atoms with Crippen LogP contribution >= 0.6 is 12.6 Å². The molecule has 2 nitrogen and oxygen atoms in total. The molecule has 0 saturated heterocycles. The van der Waals surface area contributed by atoms with Gasteiger partial charge >= 0.3 is 0 Å². The van der Waals surface area contributed by atoms with Gasteiger partial charge in [-0.2, -0.15) is 12.6 Å². The van der Waals surface area contributed by atoms with Gasteiger partial charge in [-0.3, -0.25) is 0 Å².